The molecule has 0 radical (unpaired) electrons. The molecule has 0 bridgehead atoms. The molecule has 3 rings (SSSR count). The molecule has 0 atom stereocenters. The summed E-state index contributed by atoms with van der Waals surface area (Å²) in [6, 6.07) is 8.92. The number of anilines is 2. The molecule has 2 heterocycles. The second kappa shape index (κ2) is 9.25. The van der Waals surface area contributed by atoms with Crippen LogP contribution in [0.5, 0.6) is 0 Å². The molecular weight excluding hydrogens is 376 g/mol. The van der Waals surface area contributed by atoms with Gasteiger partial charge in [0.2, 0.25) is 5.91 Å². The van der Waals surface area contributed by atoms with Crippen molar-refractivity contribution >= 4 is 34.0 Å². The van der Waals surface area contributed by atoms with Crippen LogP contribution in [-0.4, -0.2) is 52.1 Å². The molecule has 1 aromatic carbocycles. The van der Waals surface area contributed by atoms with Crippen molar-refractivity contribution in [1.29, 1.82) is 0 Å². The maximum absolute atomic E-state index is 12.2. The summed E-state index contributed by atoms with van der Waals surface area (Å²) < 4.78 is 1.79. The van der Waals surface area contributed by atoms with Crippen LogP contribution in [0.1, 0.15) is 16.1 Å². The Bertz CT molecular complexity index is 935. The van der Waals surface area contributed by atoms with E-state index in [1.807, 2.05) is 20.2 Å². The highest BCUT2D eigenvalue weighted by molar-refractivity contribution is 7.14. The first kappa shape index (κ1) is 19.7. The summed E-state index contributed by atoms with van der Waals surface area (Å²) in [5, 5.41) is 12.0. The van der Waals surface area contributed by atoms with Crippen LogP contribution >= 0.6 is 11.3 Å². The van der Waals surface area contributed by atoms with Gasteiger partial charge in [-0.1, -0.05) is 18.2 Å². The van der Waals surface area contributed by atoms with Gasteiger partial charge in [0, 0.05) is 23.7 Å². The van der Waals surface area contributed by atoms with Gasteiger partial charge in [-0.3, -0.25) is 19.6 Å². The number of hydrogen-bond donors (Lipinski definition) is 2. The van der Waals surface area contributed by atoms with E-state index < -0.39 is 0 Å². The molecule has 0 unspecified atom stereocenters. The van der Waals surface area contributed by atoms with Crippen LogP contribution in [-0.2, 0) is 17.8 Å². The van der Waals surface area contributed by atoms with E-state index in [4.69, 9.17) is 0 Å². The fraction of sp³-hybridized carbons (Fsp3) is 0.263. The van der Waals surface area contributed by atoms with Crippen molar-refractivity contribution in [2.75, 3.05) is 31.3 Å². The number of benzene rings is 1. The smallest absolute Gasteiger partial charge is 0.257 e. The minimum atomic E-state index is -0.226. The van der Waals surface area contributed by atoms with E-state index in [0.717, 1.165) is 13.1 Å². The summed E-state index contributed by atoms with van der Waals surface area (Å²) in [5.74, 6) is -0.408. The molecule has 2 amide bonds. The van der Waals surface area contributed by atoms with Crippen LogP contribution in [0, 0.1) is 0 Å². The zero-order valence-electron chi connectivity index (χ0n) is 15.8. The molecule has 0 spiro atoms. The van der Waals surface area contributed by atoms with Gasteiger partial charge in [-0.05, 0) is 26.2 Å². The van der Waals surface area contributed by atoms with E-state index in [1.165, 1.54) is 11.3 Å². The maximum Gasteiger partial charge on any atom is 0.257 e. The quantitative estimate of drug-likeness (QED) is 0.608. The summed E-state index contributed by atoms with van der Waals surface area (Å²) >= 11 is 1.29. The summed E-state index contributed by atoms with van der Waals surface area (Å²) in [5.41, 5.74) is 1.81. The number of hydrogen-bond acceptors (Lipinski definition) is 6. The third-order valence-corrected chi connectivity index (χ3v) is 4.65. The molecule has 8 nitrogen and oxygen atoms in total. The fourth-order valence-electron chi connectivity index (χ4n) is 2.43. The normalized spacial score (nSPS) is 10.8. The third kappa shape index (κ3) is 5.73. The van der Waals surface area contributed by atoms with E-state index in [1.54, 1.807) is 46.7 Å². The molecule has 9 heteroatoms. The standard InChI is InChI=1S/C19H22N6O2S/c1-24(2)8-9-25-12-16(11-20-25)21-17(26)10-15-13-28-19(22-15)23-18(27)14-6-4-3-5-7-14/h3-7,11-13H,8-10H2,1-2H3,(H,21,26)(H,22,23,27). The number of carbonyl (C=O) groups is 2. The molecule has 2 N–H and O–H groups in total. The minimum absolute atomic E-state index is 0.126. The van der Waals surface area contributed by atoms with Gasteiger partial charge in [-0.15, -0.1) is 11.3 Å². The largest absolute Gasteiger partial charge is 0.323 e. The first-order valence-corrected chi connectivity index (χ1v) is 9.65. The summed E-state index contributed by atoms with van der Waals surface area (Å²) in [6.07, 6.45) is 3.55. The highest BCUT2D eigenvalue weighted by Gasteiger charge is 2.12. The van der Waals surface area contributed by atoms with Gasteiger partial charge in [0.25, 0.3) is 5.91 Å². The molecule has 0 saturated heterocycles. The Hall–Kier alpha value is -3.04. The van der Waals surface area contributed by atoms with Gasteiger partial charge in [0.1, 0.15) is 0 Å². The molecule has 2 aromatic heterocycles. The van der Waals surface area contributed by atoms with Gasteiger partial charge in [-0.2, -0.15) is 5.10 Å². The minimum Gasteiger partial charge on any atom is -0.323 e. The molecule has 0 aliphatic rings. The van der Waals surface area contributed by atoms with Crippen molar-refractivity contribution in [1.82, 2.24) is 19.7 Å². The molecule has 0 fully saturated rings. The van der Waals surface area contributed by atoms with Crippen molar-refractivity contribution in [3.8, 4) is 0 Å². The lowest BCUT2D eigenvalue weighted by Crippen LogP contribution is -2.18. The van der Waals surface area contributed by atoms with Crippen molar-refractivity contribution in [3.63, 3.8) is 0 Å². The number of nitrogens with one attached hydrogen (secondary N) is 2. The number of likely N-dealkylation sites (N-methyl/N-ethyl adjacent to an activating group) is 1. The highest BCUT2D eigenvalue weighted by atomic mass is 32.1. The topological polar surface area (TPSA) is 92.2 Å². The molecule has 0 aliphatic heterocycles. The Morgan fingerprint density at radius 2 is 1.96 bits per heavy atom. The fourth-order valence-corrected chi connectivity index (χ4v) is 3.13. The highest BCUT2D eigenvalue weighted by Crippen LogP contribution is 2.17. The zero-order chi connectivity index (χ0) is 19.9. The van der Waals surface area contributed by atoms with Crippen LogP contribution in [0.2, 0.25) is 0 Å². The SMILES string of the molecule is CN(C)CCn1cc(NC(=O)Cc2csc(NC(=O)c3ccccc3)n2)cn1. The van der Waals surface area contributed by atoms with Crippen LogP contribution in [0.15, 0.2) is 48.1 Å². The van der Waals surface area contributed by atoms with Crippen molar-refractivity contribution in [2.24, 2.45) is 0 Å². The Morgan fingerprint density at radius 3 is 2.71 bits per heavy atom. The maximum atomic E-state index is 12.2. The lowest BCUT2D eigenvalue weighted by atomic mass is 10.2. The Balaban J connectivity index is 1.50. The number of nitrogens with zero attached hydrogens (tertiary/aromatic N) is 4. The predicted molar refractivity (Wildman–Crippen MR) is 110 cm³/mol. The van der Waals surface area contributed by atoms with Crippen molar-refractivity contribution in [2.45, 2.75) is 13.0 Å². The molecule has 0 saturated carbocycles. The monoisotopic (exact) mass is 398 g/mol. The second-order valence-corrected chi connectivity index (χ2v) is 7.34. The van der Waals surface area contributed by atoms with E-state index in [0.29, 0.717) is 22.1 Å². The summed E-state index contributed by atoms with van der Waals surface area (Å²) in [6.45, 7) is 1.62. The van der Waals surface area contributed by atoms with Gasteiger partial charge in [0.15, 0.2) is 5.13 Å². The number of rotatable bonds is 8. The second-order valence-electron chi connectivity index (χ2n) is 6.48. The lowest BCUT2D eigenvalue weighted by molar-refractivity contribution is -0.115. The Kier molecular flexibility index (Phi) is 6.51. The number of thiazole rings is 1. The van der Waals surface area contributed by atoms with Crippen LogP contribution in [0.3, 0.4) is 0 Å². The number of carbonyl (C=O) groups excluding carboxylic acids is 2. The molecule has 146 valence electrons. The average Bonchev–Trinajstić information content (AvgIpc) is 3.30. The van der Waals surface area contributed by atoms with E-state index >= 15 is 0 Å². The number of amides is 2. The van der Waals surface area contributed by atoms with Gasteiger partial charge >= 0.3 is 0 Å². The van der Waals surface area contributed by atoms with E-state index in [2.05, 4.69) is 25.6 Å². The first-order valence-electron chi connectivity index (χ1n) is 8.77. The molecule has 3 aromatic rings. The predicted octanol–water partition coefficient (Wildman–Crippen LogP) is 2.33. The van der Waals surface area contributed by atoms with Crippen LogP contribution in [0.4, 0.5) is 10.8 Å². The molecule has 0 aliphatic carbocycles. The van der Waals surface area contributed by atoms with Crippen molar-refractivity contribution < 1.29 is 9.59 Å². The van der Waals surface area contributed by atoms with E-state index in [9.17, 15) is 9.59 Å². The van der Waals surface area contributed by atoms with Gasteiger partial charge < -0.3 is 10.2 Å². The third-order valence-electron chi connectivity index (χ3n) is 3.84. The van der Waals surface area contributed by atoms with Gasteiger partial charge in [-0.25, -0.2) is 4.98 Å². The molecule has 28 heavy (non-hydrogen) atoms. The number of aromatic nitrogens is 3. The Morgan fingerprint density at radius 1 is 1.18 bits per heavy atom. The van der Waals surface area contributed by atoms with Crippen LogP contribution < -0.4 is 10.6 Å². The zero-order valence-corrected chi connectivity index (χ0v) is 16.6. The Labute approximate surface area is 167 Å². The molecular formula is C19H22N6O2S. The summed E-state index contributed by atoms with van der Waals surface area (Å²) in [4.78, 5) is 30.8. The van der Waals surface area contributed by atoms with E-state index in [-0.39, 0.29) is 18.2 Å². The first-order chi connectivity index (χ1) is 13.5. The average molecular weight is 398 g/mol. The lowest BCUT2D eigenvalue weighted by Gasteiger charge is -2.08. The van der Waals surface area contributed by atoms with Crippen molar-refractivity contribution in [3.05, 3.63) is 59.4 Å². The summed E-state index contributed by atoms with van der Waals surface area (Å²) in [7, 11) is 3.99. The van der Waals surface area contributed by atoms with Crippen LogP contribution in [0.25, 0.3) is 0 Å². The van der Waals surface area contributed by atoms with Gasteiger partial charge in [0.05, 0.1) is 30.5 Å².